The number of carbonyl (C=O) groups is 2. The first kappa shape index (κ1) is 36.4. The molecule has 3 heterocycles. The Kier molecular flexibility index (Phi) is 11.3. The molecule has 1 N–H and O–H groups in total. The molecule has 1 aliphatic carbocycles. The number of carbonyl (C=O) groups excluding carboxylic acids is 1. The van der Waals surface area contributed by atoms with Gasteiger partial charge in [-0.2, -0.15) is 13.2 Å². The van der Waals surface area contributed by atoms with Gasteiger partial charge in [0.15, 0.2) is 0 Å². The highest BCUT2D eigenvalue weighted by Gasteiger charge is 2.47. The third-order valence-corrected chi connectivity index (χ3v) is 11.7. The number of rotatable bonds is 10. The van der Waals surface area contributed by atoms with E-state index in [9.17, 15) is 27.9 Å². The van der Waals surface area contributed by atoms with E-state index < -0.39 is 23.6 Å². The van der Waals surface area contributed by atoms with Gasteiger partial charge in [0.2, 0.25) is 5.91 Å². The molecule has 0 unspecified atom stereocenters. The third-order valence-electron chi connectivity index (χ3n) is 11.7. The monoisotopic (exact) mass is 701 g/mol. The summed E-state index contributed by atoms with van der Waals surface area (Å²) in [6, 6.07) is 12.0. The second-order valence-corrected chi connectivity index (χ2v) is 14.5. The maximum absolute atomic E-state index is 14.8. The maximum atomic E-state index is 14.8. The first-order chi connectivity index (χ1) is 24.0. The lowest BCUT2D eigenvalue weighted by molar-refractivity contribution is -0.142. The molecule has 0 spiro atoms. The predicted octanol–water partition coefficient (Wildman–Crippen LogP) is 6.02. The fourth-order valence-electron chi connectivity index (χ4n) is 8.90. The van der Waals surface area contributed by atoms with Crippen LogP contribution in [0.2, 0.25) is 0 Å². The van der Waals surface area contributed by atoms with Crippen LogP contribution in [0.4, 0.5) is 18.9 Å². The molecule has 274 valence electrons. The summed E-state index contributed by atoms with van der Waals surface area (Å²) < 4.78 is 58.5. The van der Waals surface area contributed by atoms with E-state index in [0.717, 1.165) is 55.2 Å². The Labute approximate surface area is 292 Å². The van der Waals surface area contributed by atoms with Crippen LogP contribution in [0.1, 0.15) is 73.5 Å². The zero-order valence-electron chi connectivity index (χ0n) is 29.2. The summed E-state index contributed by atoms with van der Waals surface area (Å²) in [7, 11) is 5.01. The van der Waals surface area contributed by atoms with E-state index in [0.29, 0.717) is 63.8 Å². The summed E-state index contributed by atoms with van der Waals surface area (Å²) >= 11 is 0. The summed E-state index contributed by atoms with van der Waals surface area (Å²) in [4.78, 5) is 32.7. The van der Waals surface area contributed by atoms with Crippen molar-refractivity contribution < 1.29 is 42.1 Å². The van der Waals surface area contributed by atoms with E-state index in [-0.39, 0.29) is 35.8 Å². The molecule has 12 heteroatoms. The number of aliphatic carboxylic acids is 1. The molecule has 2 aromatic carbocycles. The number of carboxylic acids is 1. The normalized spacial score (nSPS) is 28.3. The van der Waals surface area contributed by atoms with Gasteiger partial charge in [-0.3, -0.25) is 14.5 Å². The lowest BCUT2D eigenvalue weighted by Gasteiger charge is -2.35. The van der Waals surface area contributed by atoms with Gasteiger partial charge < -0.3 is 29.1 Å². The second kappa shape index (κ2) is 15.5. The first-order valence-electron chi connectivity index (χ1n) is 17.9. The molecule has 4 aliphatic rings. The molecule has 1 amide bonds. The van der Waals surface area contributed by atoms with Crippen molar-refractivity contribution >= 4 is 17.6 Å². The number of benzene rings is 2. The first-order valence-corrected chi connectivity index (χ1v) is 17.9. The number of hydrogen-bond donors (Lipinski definition) is 1. The summed E-state index contributed by atoms with van der Waals surface area (Å²) in [5.74, 6) is -1.08. The molecule has 0 bridgehead atoms. The number of halogens is 3. The van der Waals surface area contributed by atoms with E-state index >= 15 is 0 Å². The molecule has 9 nitrogen and oxygen atoms in total. The van der Waals surface area contributed by atoms with Gasteiger partial charge >= 0.3 is 12.1 Å². The number of likely N-dealkylation sites (tertiary alicyclic amines) is 2. The van der Waals surface area contributed by atoms with Crippen molar-refractivity contribution in [2.45, 2.75) is 81.1 Å². The fraction of sp³-hybridized carbons (Fsp3) is 0.632. The van der Waals surface area contributed by atoms with Crippen molar-refractivity contribution in [1.29, 1.82) is 0 Å². The molecule has 4 fully saturated rings. The van der Waals surface area contributed by atoms with Gasteiger partial charge in [0.05, 0.1) is 43.3 Å². The van der Waals surface area contributed by atoms with Crippen molar-refractivity contribution in [3.8, 4) is 5.75 Å². The minimum Gasteiger partial charge on any atom is -0.497 e. The summed E-state index contributed by atoms with van der Waals surface area (Å²) in [5, 5.41) is 9.52. The Morgan fingerprint density at radius 2 is 1.60 bits per heavy atom. The fourth-order valence-corrected chi connectivity index (χ4v) is 8.90. The molecule has 4 atom stereocenters. The van der Waals surface area contributed by atoms with Crippen molar-refractivity contribution in [2.75, 3.05) is 65.6 Å². The van der Waals surface area contributed by atoms with Gasteiger partial charge in [0.1, 0.15) is 5.75 Å². The van der Waals surface area contributed by atoms with Crippen LogP contribution < -0.4 is 9.64 Å². The number of carboxylic acid groups (broad SMARTS) is 1. The number of alkyl halides is 3. The van der Waals surface area contributed by atoms with Crippen molar-refractivity contribution in [2.24, 2.45) is 11.8 Å². The van der Waals surface area contributed by atoms with Crippen LogP contribution in [-0.4, -0.2) is 106 Å². The highest BCUT2D eigenvalue weighted by Crippen LogP contribution is 2.44. The van der Waals surface area contributed by atoms with Gasteiger partial charge in [-0.15, -0.1) is 0 Å². The van der Waals surface area contributed by atoms with Crippen LogP contribution in [0.5, 0.6) is 5.75 Å². The Morgan fingerprint density at radius 1 is 0.900 bits per heavy atom. The largest absolute Gasteiger partial charge is 0.497 e. The van der Waals surface area contributed by atoms with Crippen LogP contribution in [-0.2, 0) is 25.2 Å². The number of piperidine rings is 1. The Bertz CT molecular complexity index is 1470. The summed E-state index contributed by atoms with van der Waals surface area (Å²) in [6.07, 6.45) is 1.09. The minimum absolute atomic E-state index is 0.0204. The standard InChI is InChI=1S/C38H50F3N3O6/c1-48-23-29-18-26(32-13-6-27(38(39,40)41)19-35(32)42-16-14-25(15-17-42)37(46)47)20-44(29)36(45)34-22-43(28-7-11-31(50-3)12-8-28)21-33(34)24-4-9-30(49-2)10-5-24/h4-6,9-10,13,19,25-26,28-29,31,33-34H,7-8,11-12,14-18,20-23H2,1-3H3,(H,46,47)/t26-,28-,29+,31-,33+,34-/m1/s1. The average Bonchev–Trinajstić information content (AvgIpc) is 3.76. The molecular formula is C38H50F3N3O6. The number of hydrogen-bond acceptors (Lipinski definition) is 7. The van der Waals surface area contributed by atoms with Crippen molar-refractivity contribution in [1.82, 2.24) is 9.80 Å². The zero-order chi connectivity index (χ0) is 35.6. The molecule has 50 heavy (non-hydrogen) atoms. The second-order valence-electron chi connectivity index (χ2n) is 14.5. The van der Waals surface area contributed by atoms with E-state index in [1.165, 1.54) is 6.07 Å². The van der Waals surface area contributed by atoms with E-state index in [1.54, 1.807) is 27.4 Å². The summed E-state index contributed by atoms with van der Waals surface area (Å²) in [6.45, 7) is 2.83. The summed E-state index contributed by atoms with van der Waals surface area (Å²) in [5.41, 5.74) is 1.60. The van der Waals surface area contributed by atoms with Gasteiger partial charge in [-0.1, -0.05) is 18.2 Å². The quantitative estimate of drug-likeness (QED) is 0.322. The molecule has 1 saturated carbocycles. The van der Waals surface area contributed by atoms with Gasteiger partial charge in [-0.25, -0.2) is 0 Å². The van der Waals surface area contributed by atoms with Gasteiger partial charge in [0.25, 0.3) is 0 Å². The molecular weight excluding hydrogens is 651 g/mol. The predicted molar refractivity (Wildman–Crippen MR) is 183 cm³/mol. The molecule has 0 radical (unpaired) electrons. The van der Waals surface area contributed by atoms with Crippen molar-refractivity contribution in [3.05, 3.63) is 59.2 Å². The molecule has 3 aliphatic heterocycles. The van der Waals surface area contributed by atoms with Crippen molar-refractivity contribution in [3.63, 3.8) is 0 Å². The SMILES string of the molecule is COC[C@@H]1C[C@@H](c2ccc(C(F)(F)F)cc2N2CCC(C(=O)O)CC2)CN1C(=O)[C@@H]1CN([C@H]2CC[C@H](OC)CC2)C[C@H]1c1ccc(OC)cc1. The molecule has 3 saturated heterocycles. The highest BCUT2D eigenvalue weighted by molar-refractivity contribution is 5.82. The topological polar surface area (TPSA) is 91.8 Å². The smallest absolute Gasteiger partial charge is 0.416 e. The van der Waals surface area contributed by atoms with Gasteiger partial charge in [-0.05, 0) is 80.3 Å². The highest BCUT2D eigenvalue weighted by atomic mass is 19.4. The Balaban J connectivity index is 1.27. The lowest BCUT2D eigenvalue weighted by atomic mass is 9.87. The number of nitrogens with zero attached hydrogens (tertiary/aromatic N) is 3. The number of amides is 1. The van der Waals surface area contributed by atoms with Gasteiger partial charge in [0, 0.05) is 70.5 Å². The molecule has 6 rings (SSSR count). The van der Waals surface area contributed by atoms with E-state index in [2.05, 4.69) is 17.0 Å². The Morgan fingerprint density at radius 3 is 2.20 bits per heavy atom. The Hall–Kier alpha value is -3.35. The average molecular weight is 702 g/mol. The number of anilines is 1. The number of methoxy groups -OCH3 is 3. The van der Waals surface area contributed by atoms with Crippen LogP contribution in [0.3, 0.4) is 0 Å². The molecule has 0 aromatic heterocycles. The van der Waals surface area contributed by atoms with E-state index in [4.69, 9.17) is 14.2 Å². The maximum Gasteiger partial charge on any atom is 0.416 e. The molecule has 2 aromatic rings. The van der Waals surface area contributed by atoms with Crippen LogP contribution in [0, 0.1) is 11.8 Å². The number of ether oxygens (including phenoxy) is 3. The van der Waals surface area contributed by atoms with E-state index in [1.807, 2.05) is 21.9 Å². The third kappa shape index (κ3) is 7.77. The van der Waals surface area contributed by atoms with Crippen LogP contribution >= 0.6 is 0 Å². The van der Waals surface area contributed by atoms with Crippen LogP contribution in [0.15, 0.2) is 42.5 Å². The van der Waals surface area contributed by atoms with Crippen LogP contribution in [0.25, 0.3) is 0 Å². The zero-order valence-corrected chi connectivity index (χ0v) is 29.2. The lowest BCUT2D eigenvalue weighted by Crippen LogP contribution is -2.44. The minimum atomic E-state index is -4.52.